The summed E-state index contributed by atoms with van der Waals surface area (Å²) in [5.74, 6) is 1.06. The van der Waals surface area contributed by atoms with E-state index in [1.165, 1.54) is 53.1 Å². The van der Waals surface area contributed by atoms with Crippen LogP contribution in [0.1, 0.15) is 29.9 Å². The average molecular weight is 662 g/mol. The highest BCUT2D eigenvalue weighted by Crippen LogP contribution is 2.44. The van der Waals surface area contributed by atoms with Crippen molar-refractivity contribution in [1.82, 2.24) is 9.88 Å². The van der Waals surface area contributed by atoms with Gasteiger partial charge in [-0.25, -0.2) is 0 Å². The summed E-state index contributed by atoms with van der Waals surface area (Å²) in [5, 5.41) is 14.2. The van der Waals surface area contributed by atoms with E-state index in [0.717, 1.165) is 29.1 Å². The Bertz CT molecular complexity index is 2650. The molecule has 0 spiro atoms. The first kappa shape index (κ1) is 29.2. The van der Waals surface area contributed by atoms with Gasteiger partial charge in [0.15, 0.2) is 0 Å². The molecule has 1 aliphatic heterocycles. The lowest BCUT2D eigenvalue weighted by Gasteiger charge is -2.42. The van der Waals surface area contributed by atoms with Gasteiger partial charge in [0, 0.05) is 44.3 Å². The first-order valence-corrected chi connectivity index (χ1v) is 18.1. The van der Waals surface area contributed by atoms with Gasteiger partial charge in [0.1, 0.15) is 0 Å². The molecule has 0 amide bonds. The van der Waals surface area contributed by atoms with Crippen molar-refractivity contribution in [2.45, 2.75) is 18.8 Å². The number of nitrogens with one attached hydrogen (secondary N) is 1. The van der Waals surface area contributed by atoms with E-state index in [9.17, 15) is 0 Å². The highest BCUT2D eigenvalue weighted by atomic mass is 32.1. The van der Waals surface area contributed by atoms with Gasteiger partial charge in [-0.05, 0) is 64.9 Å². The number of thiophene rings is 1. The molecule has 4 nitrogen and oxygen atoms in total. The Balaban J connectivity index is 1.16. The monoisotopic (exact) mass is 661 g/mol. The van der Waals surface area contributed by atoms with E-state index >= 15 is 0 Å². The molecule has 1 N–H and O–H groups in total. The lowest BCUT2D eigenvalue weighted by atomic mass is 9.97. The Hall–Kier alpha value is -5.75. The van der Waals surface area contributed by atoms with Crippen molar-refractivity contribution in [1.29, 1.82) is 0 Å². The fourth-order valence-electron chi connectivity index (χ4n) is 7.66. The molecule has 3 heterocycles. The molecule has 240 valence electrons. The summed E-state index contributed by atoms with van der Waals surface area (Å²) < 4.78 is 5.09. The Labute approximate surface area is 294 Å². The number of aliphatic imine (C=N–C) groups is 1. The molecule has 0 saturated heterocycles. The van der Waals surface area contributed by atoms with Gasteiger partial charge in [0.2, 0.25) is 0 Å². The highest BCUT2D eigenvalue weighted by molar-refractivity contribution is 7.26. The molecule has 3 unspecified atom stereocenters. The SMILES string of the molecule is C1=CCC(C2=NC(c3ccccc3)NC(c3cccc(-n4c5ccc(-c6ccccc6)cc5c5ccc6c7ccccc7sc6c54)c3)[N-]2)C=C1. The summed E-state index contributed by atoms with van der Waals surface area (Å²) in [7, 11) is 0. The zero-order chi connectivity index (χ0) is 33.0. The molecular weight excluding hydrogens is 629 g/mol. The smallest absolute Gasteiger partial charge is 0.0719 e. The van der Waals surface area contributed by atoms with Crippen LogP contribution in [0.3, 0.4) is 0 Å². The molecule has 3 atom stereocenters. The molecular formula is C45H33N4S-. The fourth-order valence-corrected chi connectivity index (χ4v) is 8.90. The molecule has 0 fully saturated rings. The van der Waals surface area contributed by atoms with Crippen LogP contribution in [0.4, 0.5) is 0 Å². The predicted octanol–water partition coefficient (Wildman–Crippen LogP) is 12.0. The van der Waals surface area contributed by atoms with Crippen molar-refractivity contribution >= 4 is 59.2 Å². The van der Waals surface area contributed by atoms with Crippen LogP contribution in [0.15, 0.2) is 169 Å². The number of aromatic nitrogens is 1. The van der Waals surface area contributed by atoms with Gasteiger partial charge in [-0.2, -0.15) is 0 Å². The van der Waals surface area contributed by atoms with Crippen molar-refractivity contribution < 1.29 is 0 Å². The number of amidine groups is 1. The van der Waals surface area contributed by atoms with E-state index in [4.69, 9.17) is 10.3 Å². The number of hydrogen-bond acceptors (Lipinski definition) is 3. The standard InChI is InChI=1S/C45H33N4S/c1-4-13-29(14-5-1)32-23-26-39-38(28-32)36-24-25-37-35-21-10-11-22-40(35)50-42(37)41(36)49(39)34-20-12-19-33(27-34)45-47-43(30-15-6-2-7-16-30)46-44(48-45)31-17-8-3-9-18-31/h1-17,19-28,31,43,45,47H,18H2/q-1. The molecule has 5 heteroatoms. The summed E-state index contributed by atoms with van der Waals surface area (Å²) >= 11 is 1.88. The van der Waals surface area contributed by atoms with E-state index < -0.39 is 0 Å². The normalized spacial score (nSPS) is 19.0. The summed E-state index contributed by atoms with van der Waals surface area (Å²) in [4.78, 5) is 5.14. The highest BCUT2D eigenvalue weighted by Gasteiger charge is 2.23. The maximum absolute atomic E-state index is 5.27. The van der Waals surface area contributed by atoms with Gasteiger partial charge in [0.05, 0.1) is 15.7 Å². The first-order valence-electron chi connectivity index (χ1n) is 17.3. The third-order valence-electron chi connectivity index (χ3n) is 10.1. The maximum atomic E-state index is 5.27. The van der Waals surface area contributed by atoms with Crippen molar-refractivity contribution in [3.8, 4) is 16.8 Å². The molecule has 0 saturated carbocycles. The van der Waals surface area contributed by atoms with Crippen molar-refractivity contribution in [3.05, 3.63) is 180 Å². The lowest BCUT2D eigenvalue weighted by molar-refractivity contribution is 0.481. The molecule has 2 aromatic heterocycles. The Morgan fingerprint density at radius 1 is 0.660 bits per heavy atom. The number of nitrogens with zero attached hydrogens (tertiary/aromatic N) is 3. The Morgan fingerprint density at radius 3 is 2.32 bits per heavy atom. The van der Waals surface area contributed by atoms with E-state index in [2.05, 4.69) is 174 Å². The van der Waals surface area contributed by atoms with Crippen molar-refractivity contribution in [2.75, 3.05) is 0 Å². The van der Waals surface area contributed by atoms with Crippen LogP contribution in [0.25, 0.3) is 64.1 Å². The largest absolute Gasteiger partial charge is 0.448 e. The zero-order valence-corrected chi connectivity index (χ0v) is 28.1. The molecule has 6 aromatic carbocycles. The van der Waals surface area contributed by atoms with Crippen LogP contribution in [-0.2, 0) is 0 Å². The molecule has 2 aliphatic rings. The third-order valence-corrected chi connectivity index (χ3v) is 11.3. The average Bonchev–Trinajstić information content (AvgIpc) is 3.74. The van der Waals surface area contributed by atoms with Crippen LogP contribution < -0.4 is 5.32 Å². The lowest BCUT2D eigenvalue weighted by Crippen LogP contribution is -2.33. The molecule has 8 aromatic rings. The summed E-state index contributed by atoms with van der Waals surface area (Å²) in [6, 6.07) is 50.4. The molecule has 0 radical (unpaired) electrons. The molecule has 1 aliphatic carbocycles. The van der Waals surface area contributed by atoms with Gasteiger partial charge in [-0.15, -0.1) is 11.3 Å². The Kier molecular flexibility index (Phi) is 7.00. The minimum atomic E-state index is -0.242. The second kappa shape index (κ2) is 12.0. The van der Waals surface area contributed by atoms with Crippen molar-refractivity contribution in [2.24, 2.45) is 10.9 Å². The summed E-state index contributed by atoms with van der Waals surface area (Å²) in [6.07, 6.45) is 9.13. The van der Waals surface area contributed by atoms with Gasteiger partial charge < -0.3 is 20.2 Å². The second-order valence-corrected chi connectivity index (χ2v) is 14.2. The minimum Gasteiger partial charge on any atom is -0.448 e. The van der Waals surface area contributed by atoms with Gasteiger partial charge in [-0.3, -0.25) is 0 Å². The maximum Gasteiger partial charge on any atom is 0.0719 e. The first-order chi connectivity index (χ1) is 24.8. The van der Waals surface area contributed by atoms with Crippen LogP contribution in [0.5, 0.6) is 0 Å². The topological polar surface area (TPSA) is 43.4 Å². The fraction of sp³-hybridized carbons (Fsp3) is 0.0889. The van der Waals surface area contributed by atoms with Gasteiger partial charge in [-0.1, -0.05) is 139 Å². The minimum absolute atomic E-state index is 0.163. The summed E-state index contributed by atoms with van der Waals surface area (Å²) in [5.41, 5.74) is 8.26. The van der Waals surface area contributed by atoms with Crippen LogP contribution in [0.2, 0.25) is 0 Å². The summed E-state index contributed by atoms with van der Waals surface area (Å²) in [6.45, 7) is 0. The number of fused-ring (bicyclic) bond motifs is 7. The predicted molar refractivity (Wildman–Crippen MR) is 211 cm³/mol. The Morgan fingerprint density at radius 2 is 1.46 bits per heavy atom. The number of benzene rings is 6. The zero-order valence-electron chi connectivity index (χ0n) is 27.3. The molecule has 10 rings (SSSR count). The molecule has 0 bridgehead atoms. The van der Waals surface area contributed by atoms with Crippen LogP contribution >= 0.6 is 11.3 Å². The number of rotatable bonds is 5. The van der Waals surface area contributed by atoms with Gasteiger partial charge >= 0.3 is 0 Å². The van der Waals surface area contributed by atoms with E-state index in [1.54, 1.807) is 0 Å². The van der Waals surface area contributed by atoms with Crippen molar-refractivity contribution in [3.63, 3.8) is 0 Å². The quantitative estimate of drug-likeness (QED) is 0.196. The van der Waals surface area contributed by atoms with Crippen LogP contribution in [0, 0.1) is 5.92 Å². The number of allylic oxidation sites excluding steroid dienone is 3. The van der Waals surface area contributed by atoms with E-state index in [-0.39, 0.29) is 18.2 Å². The molecule has 50 heavy (non-hydrogen) atoms. The van der Waals surface area contributed by atoms with Crippen LogP contribution in [-0.4, -0.2) is 10.4 Å². The van der Waals surface area contributed by atoms with Gasteiger partial charge in [0.25, 0.3) is 0 Å². The third kappa shape index (κ3) is 4.89. The second-order valence-electron chi connectivity index (χ2n) is 13.1. The van der Waals surface area contributed by atoms with E-state index in [0.29, 0.717) is 0 Å². The number of hydrogen-bond donors (Lipinski definition) is 1. The van der Waals surface area contributed by atoms with E-state index in [1.807, 2.05) is 11.3 Å².